The zero-order valence-corrected chi connectivity index (χ0v) is 7.33. The molecule has 0 unspecified atom stereocenters. The lowest BCUT2D eigenvalue weighted by atomic mass is 10.0. The van der Waals surface area contributed by atoms with Gasteiger partial charge in [-0.2, -0.15) is 0 Å². The fourth-order valence-electron chi connectivity index (χ4n) is 1.43. The van der Waals surface area contributed by atoms with Crippen LogP contribution < -0.4 is 0 Å². The summed E-state index contributed by atoms with van der Waals surface area (Å²) in [5.41, 5.74) is 0. The Morgan fingerprint density at radius 1 is 1.31 bits per heavy atom. The number of hydrogen-bond acceptors (Lipinski definition) is 5. The lowest BCUT2D eigenvalue weighted by molar-refractivity contribution is -0.118. The van der Waals surface area contributed by atoms with Crippen molar-refractivity contribution in [3.8, 4) is 0 Å². The van der Waals surface area contributed by atoms with Gasteiger partial charge >= 0.3 is 0 Å². The minimum Gasteiger partial charge on any atom is -0.394 e. The Labute approximate surface area is 76.6 Å². The highest BCUT2D eigenvalue weighted by Crippen LogP contribution is 2.18. The highest BCUT2D eigenvalue weighted by molar-refractivity contribution is 4.83. The Morgan fingerprint density at radius 3 is 2.46 bits per heavy atom. The smallest absolute Gasteiger partial charge is 0.110 e. The molecule has 78 valence electrons. The summed E-state index contributed by atoms with van der Waals surface area (Å²) in [5.74, 6) is 0. The lowest BCUT2D eigenvalue weighted by Crippen LogP contribution is -2.45. The third-order valence-corrected chi connectivity index (χ3v) is 2.28. The summed E-state index contributed by atoms with van der Waals surface area (Å²) >= 11 is 0. The molecule has 0 radical (unpaired) electrons. The number of hydrogen-bond donors (Lipinski definition) is 4. The second kappa shape index (κ2) is 4.88. The van der Waals surface area contributed by atoms with Gasteiger partial charge in [-0.15, -0.1) is 0 Å². The van der Waals surface area contributed by atoms with Gasteiger partial charge in [0, 0.05) is 6.61 Å². The van der Waals surface area contributed by atoms with Gasteiger partial charge in [0.25, 0.3) is 0 Å². The third kappa shape index (κ3) is 2.62. The molecule has 0 aromatic heterocycles. The molecule has 0 spiro atoms. The topological polar surface area (TPSA) is 90.2 Å². The van der Waals surface area contributed by atoms with Gasteiger partial charge in [0.2, 0.25) is 0 Å². The monoisotopic (exact) mass is 192 g/mol. The van der Waals surface area contributed by atoms with E-state index in [0.717, 1.165) is 6.42 Å². The van der Waals surface area contributed by atoms with Crippen LogP contribution in [0.25, 0.3) is 0 Å². The largest absolute Gasteiger partial charge is 0.394 e. The van der Waals surface area contributed by atoms with Crippen LogP contribution in [0.3, 0.4) is 0 Å². The first-order valence-corrected chi connectivity index (χ1v) is 4.43. The summed E-state index contributed by atoms with van der Waals surface area (Å²) in [4.78, 5) is 0. The first kappa shape index (κ1) is 10.9. The van der Waals surface area contributed by atoms with Gasteiger partial charge in [-0.1, -0.05) is 0 Å². The molecule has 1 rings (SSSR count). The molecule has 13 heavy (non-hydrogen) atoms. The van der Waals surface area contributed by atoms with Crippen molar-refractivity contribution < 1.29 is 25.2 Å². The minimum atomic E-state index is -1.34. The van der Waals surface area contributed by atoms with E-state index >= 15 is 0 Å². The van der Waals surface area contributed by atoms with Crippen LogP contribution in [0.5, 0.6) is 0 Å². The molecule has 0 aromatic rings. The van der Waals surface area contributed by atoms with Gasteiger partial charge in [0.15, 0.2) is 0 Å². The molecule has 1 heterocycles. The summed E-state index contributed by atoms with van der Waals surface area (Å²) in [6.45, 7) is 0.00855. The molecule has 5 nitrogen and oxygen atoms in total. The van der Waals surface area contributed by atoms with Gasteiger partial charge < -0.3 is 25.2 Å². The van der Waals surface area contributed by atoms with Crippen molar-refractivity contribution in [2.75, 3.05) is 13.2 Å². The van der Waals surface area contributed by atoms with E-state index in [1.165, 1.54) is 0 Å². The van der Waals surface area contributed by atoms with Crippen LogP contribution in [0.15, 0.2) is 0 Å². The Balaban J connectivity index is 2.40. The molecule has 1 saturated heterocycles. The zero-order chi connectivity index (χ0) is 9.84. The summed E-state index contributed by atoms with van der Waals surface area (Å²) in [6, 6.07) is 0. The van der Waals surface area contributed by atoms with E-state index < -0.39 is 31.0 Å². The maximum Gasteiger partial charge on any atom is 0.110 e. The summed E-state index contributed by atoms with van der Waals surface area (Å²) in [6.07, 6.45) is -2.66. The van der Waals surface area contributed by atoms with Crippen LogP contribution in [0.4, 0.5) is 0 Å². The maximum atomic E-state index is 9.47. The van der Waals surface area contributed by atoms with Gasteiger partial charge in [0.1, 0.15) is 18.3 Å². The molecule has 0 bridgehead atoms. The van der Waals surface area contributed by atoms with E-state index in [2.05, 4.69) is 0 Å². The number of aliphatic hydroxyl groups excluding tert-OH is 4. The standard InChI is InChI=1S/C8H16O5/c9-4-5(10)7(11)8(12)6-2-1-3-13-6/h5-12H,1-4H2/t5-,6+,7-,8-/m1/s1. The fourth-order valence-corrected chi connectivity index (χ4v) is 1.43. The first-order valence-electron chi connectivity index (χ1n) is 4.43. The predicted molar refractivity (Wildman–Crippen MR) is 44.1 cm³/mol. The Kier molecular flexibility index (Phi) is 4.08. The average Bonchev–Trinajstić information content (AvgIpc) is 2.67. The number of ether oxygens (including phenoxy) is 1. The van der Waals surface area contributed by atoms with Crippen LogP contribution in [0.2, 0.25) is 0 Å². The van der Waals surface area contributed by atoms with E-state index in [9.17, 15) is 10.2 Å². The number of aliphatic hydroxyl groups is 4. The van der Waals surface area contributed by atoms with E-state index in [0.29, 0.717) is 13.0 Å². The zero-order valence-electron chi connectivity index (χ0n) is 7.33. The van der Waals surface area contributed by atoms with Gasteiger partial charge in [-0.05, 0) is 12.8 Å². The van der Waals surface area contributed by atoms with E-state index in [1.807, 2.05) is 0 Å². The Hall–Kier alpha value is -0.200. The van der Waals surface area contributed by atoms with Crippen LogP contribution >= 0.6 is 0 Å². The van der Waals surface area contributed by atoms with Crippen LogP contribution in [-0.4, -0.2) is 58.1 Å². The van der Waals surface area contributed by atoms with E-state index in [1.54, 1.807) is 0 Å². The average molecular weight is 192 g/mol. The van der Waals surface area contributed by atoms with Crippen molar-refractivity contribution in [3.05, 3.63) is 0 Å². The molecule has 1 aliphatic rings. The van der Waals surface area contributed by atoms with E-state index in [-0.39, 0.29) is 0 Å². The van der Waals surface area contributed by atoms with E-state index in [4.69, 9.17) is 14.9 Å². The minimum absolute atomic E-state index is 0.420. The van der Waals surface area contributed by atoms with Gasteiger partial charge in [-0.3, -0.25) is 0 Å². The molecule has 4 N–H and O–H groups in total. The molecule has 0 aromatic carbocycles. The molecule has 1 fully saturated rings. The molecule has 0 amide bonds. The second-order valence-electron chi connectivity index (χ2n) is 3.28. The first-order chi connectivity index (χ1) is 6.16. The lowest BCUT2D eigenvalue weighted by Gasteiger charge is -2.25. The maximum absolute atomic E-state index is 9.47. The molecular formula is C8H16O5. The van der Waals surface area contributed by atoms with Crippen LogP contribution in [0, 0.1) is 0 Å². The molecule has 1 aliphatic heterocycles. The third-order valence-electron chi connectivity index (χ3n) is 2.28. The summed E-state index contributed by atoms with van der Waals surface area (Å²) < 4.78 is 5.13. The van der Waals surface area contributed by atoms with Crippen molar-refractivity contribution in [3.63, 3.8) is 0 Å². The highest BCUT2D eigenvalue weighted by Gasteiger charge is 2.33. The SMILES string of the molecule is OC[C@@H](O)[C@@H](O)[C@H](O)[C@@H]1CCCO1. The molecule has 5 heteroatoms. The van der Waals surface area contributed by atoms with Crippen molar-refractivity contribution in [2.45, 2.75) is 37.3 Å². The number of rotatable bonds is 4. The fraction of sp³-hybridized carbons (Fsp3) is 1.00. The Bertz CT molecular complexity index is 145. The molecule has 0 aliphatic carbocycles. The summed E-state index contributed by atoms with van der Waals surface area (Å²) in [7, 11) is 0. The van der Waals surface area contributed by atoms with Gasteiger partial charge in [0.05, 0.1) is 12.7 Å². The van der Waals surface area contributed by atoms with Crippen molar-refractivity contribution in [1.82, 2.24) is 0 Å². The van der Waals surface area contributed by atoms with Crippen LogP contribution in [-0.2, 0) is 4.74 Å². The highest BCUT2D eigenvalue weighted by atomic mass is 16.5. The Morgan fingerprint density at radius 2 is 2.00 bits per heavy atom. The molecular weight excluding hydrogens is 176 g/mol. The summed E-state index contributed by atoms with van der Waals surface area (Å²) in [5, 5.41) is 36.4. The normalized spacial score (nSPS) is 30.0. The van der Waals surface area contributed by atoms with Crippen molar-refractivity contribution in [1.29, 1.82) is 0 Å². The predicted octanol–water partition coefficient (Wildman–Crippen LogP) is -1.76. The second-order valence-corrected chi connectivity index (χ2v) is 3.28. The van der Waals surface area contributed by atoms with Crippen LogP contribution in [0.1, 0.15) is 12.8 Å². The van der Waals surface area contributed by atoms with Crippen molar-refractivity contribution in [2.24, 2.45) is 0 Å². The molecule has 4 atom stereocenters. The van der Waals surface area contributed by atoms with Crippen molar-refractivity contribution >= 4 is 0 Å². The van der Waals surface area contributed by atoms with Gasteiger partial charge in [-0.25, -0.2) is 0 Å². The molecule has 0 saturated carbocycles. The quantitative estimate of drug-likeness (QED) is 0.423.